The van der Waals surface area contributed by atoms with Crippen LogP contribution in [0, 0.1) is 0 Å². The summed E-state index contributed by atoms with van der Waals surface area (Å²) in [7, 11) is 1.64. The van der Waals surface area contributed by atoms with E-state index in [0.717, 1.165) is 28.5 Å². The molecule has 1 amide bonds. The Balaban J connectivity index is 1.70. The molecule has 0 saturated carbocycles. The second kappa shape index (κ2) is 8.58. The van der Waals surface area contributed by atoms with E-state index >= 15 is 0 Å². The maximum Gasteiger partial charge on any atom is 0.261 e. The van der Waals surface area contributed by atoms with Crippen molar-refractivity contribution in [2.24, 2.45) is 0 Å². The van der Waals surface area contributed by atoms with E-state index in [-0.39, 0.29) is 11.9 Å². The predicted octanol–water partition coefficient (Wildman–Crippen LogP) is 4.88. The van der Waals surface area contributed by atoms with E-state index in [4.69, 9.17) is 9.47 Å². The van der Waals surface area contributed by atoms with E-state index in [2.05, 4.69) is 5.32 Å². The molecule has 3 rings (SSSR count). The van der Waals surface area contributed by atoms with Gasteiger partial charge in [-0.05, 0) is 42.5 Å². The minimum atomic E-state index is -0.594. The molecule has 3 aromatic rings. The first-order chi connectivity index (χ1) is 13.1. The molecule has 0 bridgehead atoms. The third-order valence-electron chi connectivity index (χ3n) is 4.67. The number of rotatable bonds is 7. The lowest BCUT2D eigenvalue weighted by Crippen LogP contribution is -2.38. The van der Waals surface area contributed by atoms with Crippen molar-refractivity contribution in [3.63, 3.8) is 0 Å². The van der Waals surface area contributed by atoms with Crippen molar-refractivity contribution in [3.05, 3.63) is 72.3 Å². The number of hydrogen-bond acceptors (Lipinski definition) is 3. The van der Waals surface area contributed by atoms with Crippen molar-refractivity contribution in [1.82, 2.24) is 5.32 Å². The Labute approximate surface area is 160 Å². The Bertz CT molecular complexity index is 900. The average molecular weight is 363 g/mol. The molecule has 0 spiro atoms. The maximum absolute atomic E-state index is 12.7. The lowest BCUT2D eigenvalue weighted by atomic mass is 10.0. The highest BCUT2D eigenvalue weighted by Crippen LogP contribution is 2.26. The van der Waals surface area contributed by atoms with Gasteiger partial charge in [-0.15, -0.1) is 0 Å². The molecule has 4 nitrogen and oxygen atoms in total. The van der Waals surface area contributed by atoms with Gasteiger partial charge < -0.3 is 14.8 Å². The van der Waals surface area contributed by atoms with Gasteiger partial charge in [0.2, 0.25) is 0 Å². The number of carbonyl (C=O) groups excluding carboxylic acids is 1. The number of methoxy groups -OCH3 is 1. The molecule has 0 heterocycles. The van der Waals surface area contributed by atoms with Crippen LogP contribution in [0.1, 0.15) is 31.9 Å². The summed E-state index contributed by atoms with van der Waals surface area (Å²) in [6.45, 7) is 3.82. The first kappa shape index (κ1) is 18.8. The monoisotopic (exact) mass is 363 g/mol. The van der Waals surface area contributed by atoms with Crippen molar-refractivity contribution in [2.75, 3.05) is 7.11 Å². The maximum atomic E-state index is 12.7. The number of carbonyl (C=O) groups is 1. The summed E-state index contributed by atoms with van der Waals surface area (Å²) in [4.78, 5) is 12.7. The summed E-state index contributed by atoms with van der Waals surface area (Å²) in [5, 5.41) is 5.18. The zero-order valence-corrected chi connectivity index (χ0v) is 15.9. The van der Waals surface area contributed by atoms with Crippen molar-refractivity contribution in [2.45, 2.75) is 32.4 Å². The van der Waals surface area contributed by atoms with E-state index in [1.54, 1.807) is 14.0 Å². The summed E-state index contributed by atoms with van der Waals surface area (Å²) < 4.78 is 11.2. The van der Waals surface area contributed by atoms with Gasteiger partial charge in [0, 0.05) is 5.39 Å². The Kier molecular flexibility index (Phi) is 5.97. The average Bonchev–Trinajstić information content (AvgIpc) is 2.72. The van der Waals surface area contributed by atoms with Crippen LogP contribution in [0.3, 0.4) is 0 Å². The molecule has 2 atom stereocenters. The SMILES string of the molecule is CC[C@H](NC(=O)[C@H](C)Oc1cccc2ccccc12)c1ccc(OC)cc1. The zero-order chi connectivity index (χ0) is 19.2. The quantitative estimate of drug-likeness (QED) is 0.650. The van der Waals surface area contributed by atoms with E-state index in [0.29, 0.717) is 5.75 Å². The topological polar surface area (TPSA) is 47.6 Å². The zero-order valence-electron chi connectivity index (χ0n) is 15.9. The molecule has 0 saturated heterocycles. The highest BCUT2D eigenvalue weighted by Gasteiger charge is 2.20. The fraction of sp³-hybridized carbons (Fsp3) is 0.261. The van der Waals surface area contributed by atoms with Crippen LogP contribution < -0.4 is 14.8 Å². The minimum absolute atomic E-state index is 0.0676. The highest BCUT2D eigenvalue weighted by molar-refractivity contribution is 5.89. The van der Waals surface area contributed by atoms with Gasteiger partial charge in [-0.25, -0.2) is 0 Å². The summed E-state index contributed by atoms with van der Waals surface area (Å²) >= 11 is 0. The summed E-state index contributed by atoms with van der Waals surface area (Å²) in [6.07, 6.45) is 0.196. The Morgan fingerprint density at radius 3 is 2.41 bits per heavy atom. The summed E-state index contributed by atoms with van der Waals surface area (Å²) in [6, 6.07) is 21.5. The number of amides is 1. The third-order valence-corrected chi connectivity index (χ3v) is 4.67. The Hall–Kier alpha value is -3.01. The molecular formula is C23H25NO3. The van der Waals surface area contributed by atoms with E-state index < -0.39 is 6.10 Å². The van der Waals surface area contributed by atoms with E-state index in [1.807, 2.05) is 73.7 Å². The van der Waals surface area contributed by atoms with Gasteiger partial charge in [0.05, 0.1) is 13.2 Å². The molecule has 0 radical (unpaired) electrons. The standard InChI is InChI=1S/C23H25NO3/c1-4-21(18-12-14-19(26-3)15-13-18)24-23(25)16(2)27-22-11-7-9-17-8-5-6-10-20(17)22/h5-16,21H,4H2,1-3H3,(H,24,25)/t16-,21-/m0/s1. The van der Waals surface area contributed by atoms with E-state index in [9.17, 15) is 4.79 Å². The van der Waals surface area contributed by atoms with Gasteiger partial charge in [0.25, 0.3) is 5.91 Å². The van der Waals surface area contributed by atoms with Crippen LogP contribution in [0.4, 0.5) is 0 Å². The first-order valence-electron chi connectivity index (χ1n) is 9.21. The Morgan fingerprint density at radius 1 is 1.00 bits per heavy atom. The molecule has 4 heteroatoms. The highest BCUT2D eigenvalue weighted by atomic mass is 16.5. The lowest BCUT2D eigenvalue weighted by Gasteiger charge is -2.21. The number of ether oxygens (including phenoxy) is 2. The molecule has 0 aliphatic heterocycles. The second-order valence-corrected chi connectivity index (χ2v) is 6.48. The molecule has 0 fully saturated rings. The van der Waals surface area contributed by atoms with Crippen LogP contribution in [0.15, 0.2) is 66.7 Å². The predicted molar refractivity (Wildman–Crippen MR) is 108 cm³/mol. The normalized spacial score (nSPS) is 13.0. The van der Waals surface area contributed by atoms with Crippen molar-refractivity contribution in [1.29, 1.82) is 0 Å². The van der Waals surface area contributed by atoms with Crippen molar-refractivity contribution in [3.8, 4) is 11.5 Å². The van der Waals surface area contributed by atoms with Crippen LogP contribution in [0.5, 0.6) is 11.5 Å². The molecule has 140 valence electrons. The van der Waals surface area contributed by atoms with Gasteiger partial charge in [-0.3, -0.25) is 4.79 Å². The van der Waals surface area contributed by atoms with Gasteiger partial charge >= 0.3 is 0 Å². The fourth-order valence-electron chi connectivity index (χ4n) is 3.09. The van der Waals surface area contributed by atoms with Gasteiger partial charge in [0.15, 0.2) is 6.10 Å². The molecular weight excluding hydrogens is 338 g/mol. The van der Waals surface area contributed by atoms with Crippen molar-refractivity contribution < 1.29 is 14.3 Å². The van der Waals surface area contributed by atoms with Crippen LogP contribution in [0.2, 0.25) is 0 Å². The van der Waals surface area contributed by atoms with Gasteiger partial charge in [0.1, 0.15) is 11.5 Å². The smallest absolute Gasteiger partial charge is 0.261 e. The molecule has 0 aliphatic carbocycles. The van der Waals surface area contributed by atoms with Gasteiger partial charge in [-0.2, -0.15) is 0 Å². The molecule has 1 N–H and O–H groups in total. The van der Waals surface area contributed by atoms with Crippen LogP contribution >= 0.6 is 0 Å². The van der Waals surface area contributed by atoms with Crippen LogP contribution in [0.25, 0.3) is 10.8 Å². The number of hydrogen-bond donors (Lipinski definition) is 1. The number of benzene rings is 3. The fourth-order valence-corrected chi connectivity index (χ4v) is 3.09. The summed E-state index contributed by atoms with van der Waals surface area (Å²) in [5.74, 6) is 1.38. The molecule has 0 unspecified atom stereocenters. The third kappa shape index (κ3) is 4.40. The van der Waals surface area contributed by atoms with Crippen LogP contribution in [-0.4, -0.2) is 19.1 Å². The lowest BCUT2D eigenvalue weighted by molar-refractivity contribution is -0.128. The molecule has 27 heavy (non-hydrogen) atoms. The first-order valence-corrected chi connectivity index (χ1v) is 9.21. The van der Waals surface area contributed by atoms with E-state index in [1.165, 1.54) is 0 Å². The second-order valence-electron chi connectivity index (χ2n) is 6.48. The molecule has 3 aromatic carbocycles. The van der Waals surface area contributed by atoms with Gasteiger partial charge in [-0.1, -0.05) is 55.5 Å². The minimum Gasteiger partial charge on any atom is -0.497 e. The molecule has 0 aliphatic rings. The Morgan fingerprint density at radius 2 is 1.70 bits per heavy atom. The summed E-state index contributed by atoms with van der Waals surface area (Å²) in [5.41, 5.74) is 1.05. The molecule has 0 aromatic heterocycles. The van der Waals surface area contributed by atoms with Crippen LogP contribution in [-0.2, 0) is 4.79 Å². The number of nitrogens with one attached hydrogen (secondary N) is 1. The largest absolute Gasteiger partial charge is 0.497 e. The number of fused-ring (bicyclic) bond motifs is 1. The van der Waals surface area contributed by atoms with Crippen molar-refractivity contribution >= 4 is 16.7 Å².